The maximum Gasteiger partial charge on any atom is 0.408 e. The van der Waals surface area contributed by atoms with E-state index in [2.05, 4.69) is 9.97 Å². The van der Waals surface area contributed by atoms with Gasteiger partial charge in [0.05, 0.1) is 30.1 Å². The summed E-state index contributed by atoms with van der Waals surface area (Å²) in [5, 5.41) is 11.4. The second kappa shape index (κ2) is 8.93. The van der Waals surface area contributed by atoms with Gasteiger partial charge in [-0.3, -0.25) is 23.9 Å². The quantitative estimate of drug-likeness (QED) is 0.518. The van der Waals surface area contributed by atoms with Crippen LogP contribution in [0.1, 0.15) is 24.2 Å². The molecule has 2 N–H and O–H groups in total. The Hall–Kier alpha value is -3.94. The first-order valence-electron chi connectivity index (χ1n) is 10.5. The van der Waals surface area contributed by atoms with Gasteiger partial charge in [-0.15, -0.1) is 0 Å². The number of hydrogen-bond donors (Lipinski definition) is 2. The Labute approximate surface area is 199 Å². The fourth-order valence-corrected chi connectivity index (χ4v) is 3.66. The second-order valence-electron chi connectivity index (χ2n) is 8.28. The zero-order chi connectivity index (χ0) is 26.5. The van der Waals surface area contributed by atoms with Crippen molar-refractivity contribution >= 4 is 28.7 Å². The minimum Gasteiger partial charge on any atom is -0.390 e. The van der Waals surface area contributed by atoms with Crippen molar-refractivity contribution in [2.75, 3.05) is 11.4 Å². The van der Waals surface area contributed by atoms with Crippen molar-refractivity contribution in [3.05, 3.63) is 58.0 Å². The lowest BCUT2D eigenvalue weighted by atomic mass is 10.1. The van der Waals surface area contributed by atoms with Crippen LogP contribution in [0.5, 0.6) is 0 Å². The number of nitrogens with one attached hydrogen (secondary N) is 1. The number of aliphatic hydroxyl groups is 1. The van der Waals surface area contributed by atoms with E-state index in [0.717, 1.165) is 21.7 Å². The Morgan fingerprint density at radius 1 is 1.25 bits per heavy atom. The standard InChI is InChI=1S/C22H18F5N5O4/c1-9-15(33)8-31(21(9)36)16-4-3-12-17(34)13(20(35)29-10(2)22(25,26)27)7-32(18(12)30-16)19-14(24)5-11(23)6-28-19/h3-7,9-10,15,33H,8H2,1-2H3,(H,29,35). The third kappa shape index (κ3) is 4.39. The van der Waals surface area contributed by atoms with E-state index in [0.29, 0.717) is 19.2 Å². The van der Waals surface area contributed by atoms with Gasteiger partial charge in [0, 0.05) is 12.3 Å². The first-order valence-corrected chi connectivity index (χ1v) is 10.5. The maximum atomic E-state index is 14.7. The number of halogens is 5. The molecule has 4 heterocycles. The smallest absolute Gasteiger partial charge is 0.390 e. The fraction of sp³-hybridized carbons (Fsp3) is 0.318. The van der Waals surface area contributed by atoms with Crippen LogP contribution in [0.3, 0.4) is 0 Å². The summed E-state index contributed by atoms with van der Waals surface area (Å²) in [4.78, 5) is 47.1. The number of aliphatic hydroxyl groups excluding tert-OH is 1. The molecule has 1 fully saturated rings. The third-order valence-corrected chi connectivity index (χ3v) is 5.81. The summed E-state index contributed by atoms with van der Waals surface area (Å²) < 4.78 is 67.8. The Kier molecular flexibility index (Phi) is 6.24. The number of hydrogen-bond acceptors (Lipinski definition) is 6. The molecular formula is C22H18F5N5O4. The Balaban J connectivity index is 1.93. The van der Waals surface area contributed by atoms with Crippen LogP contribution in [-0.2, 0) is 4.79 Å². The first-order chi connectivity index (χ1) is 16.8. The van der Waals surface area contributed by atoms with Crippen molar-refractivity contribution in [3.63, 3.8) is 0 Å². The molecule has 1 aliphatic heterocycles. The minimum atomic E-state index is -4.80. The maximum absolute atomic E-state index is 14.7. The van der Waals surface area contributed by atoms with Crippen LogP contribution in [0, 0.1) is 17.6 Å². The van der Waals surface area contributed by atoms with Crippen molar-refractivity contribution < 1.29 is 36.6 Å². The Morgan fingerprint density at radius 2 is 1.94 bits per heavy atom. The Bertz CT molecular complexity index is 1440. The van der Waals surface area contributed by atoms with E-state index in [1.165, 1.54) is 13.0 Å². The van der Waals surface area contributed by atoms with Crippen molar-refractivity contribution in [1.82, 2.24) is 19.9 Å². The number of alkyl halides is 3. The summed E-state index contributed by atoms with van der Waals surface area (Å²) in [7, 11) is 0. The molecule has 3 unspecified atom stereocenters. The number of rotatable bonds is 4. The predicted octanol–water partition coefficient (Wildman–Crippen LogP) is 2.08. The Morgan fingerprint density at radius 3 is 2.53 bits per heavy atom. The van der Waals surface area contributed by atoms with Gasteiger partial charge in [0.25, 0.3) is 5.91 Å². The molecule has 14 heteroatoms. The molecule has 1 saturated heterocycles. The number of carbonyl (C=O) groups excluding carboxylic acids is 2. The molecule has 0 radical (unpaired) electrons. The third-order valence-electron chi connectivity index (χ3n) is 5.81. The SMILES string of the molecule is CC1C(=O)N(c2ccc3c(=O)c(C(=O)NC(C)C(F)(F)F)cn(-c4ncc(F)cc4F)c3n2)CC1O. The summed E-state index contributed by atoms with van der Waals surface area (Å²) in [5.74, 6) is -5.46. The zero-order valence-electron chi connectivity index (χ0n) is 18.7. The molecule has 1 aliphatic rings. The molecule has 0 bridgehead atoms. The van der Waals surface area contributed by atoms with Crippen LogP contribution in [0.2, 0.25) is 0 Å². The monoisotopic (exact) mass is 511 g/mol. The van der Waals surface area contributed by atoms with Gasteiger partial charge in [-0.05, 0) is 19.1 Å². The van der Waals surface area contributed by atoms with E-state index in [9.17, 15) is 41.4 Å². The predicted molar refractivity (Wildman–Crippen MR) is 116 cm³/mol. The van der Waals surface area contributed by atoms with Crippen LogP contribution < -0.4 is 15.6 Å². The molecule has 2 amide bonds. The number of fused-ring (bicyclic) bond motifs is 1. The van der Waals surface area contributed by atoms with Crippen LogP contribution in [0.15, 0.2) is 35.4 Å². The fourth-order valence-electron chi connectivity index (χ4n) is 3.66. The molecule has 0 spiro atoms. The van der Waals surface area contributed by atoms with Crippen molar-refractivity contribution in [2.24, 2.45) is 5.92 Å². The van der Waals surface area contributed by atoms with Crippen molar-refractivity contribution in [1.29, 1.82) is 0 Å². The van der Waals surface area contributed by atoms with E-state index in [4.69, 9.17) is 0 Å². The molecule has 9 nitrogen and oxygen atoms in total. The number of anilines is 1. The topological polar surface area (TPSA) is 117 Å². The summed E-state index contributed by atoms with van der Waals surface area (Å²) in [6.07, 6.45) is -4.39. The van der Waals surface area contributed by atoms with Gasteiger partial charge in [-0.1, -0.05) is 6.92 Å². The molecule has 3 aromatic rings. The van der Waals surface area contributed by atoms with Crippen LogP contribution in [-0.4, -0.2) is 56.3 Å². The molecule has 3 atom stereocenters. The average molecular weight is 511 g/mol. The lowest BCUT2D eigenvalue weighted by Gasteiger charge is -2.19. The highest BCUT2D eigenvalue weighted by molar-refractivity contribution is 5.99. The van der Waals surface area contributed by atoms with Crippen LogP contribution >= 0.6 is 0 Å². The van der Waals surface area contributed by atoms with Gasteiger partial charge in [-0.25, -0.2) is 18.7 Å². The number of nitrogens with zero attached hydrogens (tertiary/aromatic N) is 4. The van der Waals surface area contributed by atoms with E-state index >= 15 is 0 Å². The molecular weight excluding hydrogens is 493 g/mol. The van der Waals surface area contributed by atoms with Gasteiger partial charge in [0.15, 0.2) is 17.3 Å². The first kappa shape index (κ1) is 25.2. The summed E-state index contributed by atoms with van der Waals surface area (Å²) >= 11 is 0. The average Bonchev–Trinajstić information content (AvgIpc) is 3.06. The zero-order valence-corrected chi connectivity index (χ0v) is 18.7. The van der Waals surface area contributed by atoms with E-state index in [-0.39, 0.29) is 23.4 Å². The molecule has 4 rings (SSSR count). The van der Waals surface area contributed by atoms with Crippen molar-refractivity contribution in [2.45, 2.75) is 32.2 Å². The highest BCUT2D eigenvalue weighted by Gasteiger charge is 2.39. The highest BCUT2D eigenvalue weighted by Crippen LogP contribution is 2.27. The largest absolute Gasteiger partial charge is 0.408 e. The molecule has 190 valence electrons. The lowest BCUT2D eigenvalue weighted by Crippen LogP contribution is -2.44. The van der Waals surface area contributed by atoms with Gasteiger partial charge in [0.1, 0.15) is 23.2 Å². The summed E-state index contributed by atoms with van der Waals surface area (Å²) in [6, 6.07) is 0.573. The van der Waals surface area contributed by atoms with Gasteiger partial charge < -0.3 is 10.4 Å². The van der Waals surface area contributed by atoms with Crippen LogP contribution in [0.4, 0.5) is 27.8 Å². The van der Waals surface area contributed by atoms with Crippen molar-refractivity contribution in [3.8, 4) is 5.82 Å². The van der Waals surface area contributed by atoms with E-state index in [1.54, 1.807) is 5.32 Å². The summed E-state index contributed by atoms with van der Waals surface area (Å²) in [5.41, 5.74) is -2.10. The number of carbonyl (C=O) groups is 2. The van der Waals surface area contributed by atoms with E-state index < -0.39 is 64.5 Å². The highest BCUT2D eigenvalue weighted by atomic mass is 19.4. The molecule has 36 heavy (non-hydrogen) atoms. The lowest BCUT2D eigenvalue weighted by molar-refractivity contribution is -0.149. The van der Waals surface area contributed by atoms with Gasteiger partial charge in [-0.2, -0.15) is 13.2 Å². The molecule has 0 aliphatic carbocycles. The summed E-state index contributed by atoms with van der Waals surface area (Å²) in [6.45, 7) is 2.07. The molecule has 3 aromatic heterocycles. The van der Waals surface area contributed by atoms with E-state index in [1.807, 2.05) is 0 Å². The number of amides is 2. The second-order valence-corrected chi connectivity index (χ2v) is 8.28. The normalized spacial score (nSPS) is 19.1. The number of β-amino-alcohol motifs (C(OH)–C–C–N with tert-alkyl or cyclic N) is 1. The van der Waals surface area contributed by atoms with Crippen LogP contribution in [0.25, 0.3) is 16.9 Å². The number of aromatic nitrogens is 3. The molecule has 0 saturated carbocycles. The number of pyridine rings is 3. The molecule has 0 aromatic carbocycles. The minimum absolute atomic E-state index is 0.0190. The van der Waals surface area contributed by atoms with Gasteiger partial charge >= 0.3 is 6.18 Å². The van der Waals surface area contributed by atoms with Gasteiger partial charge in [0.2, 0.25) is 11.3 Å².